The monoisotopic (exact) mass is 504 g/mol. The van der Waals surface area contributed by atoms with Crippen LogP contribution in [-0.4, -0.2) is 41.0 Å². The van der Waals surface area contributed by atoms with Crippen LogP contribution in [0.1, 0.15) is 0 Å². The van der Waals surface area contributed by atoms with Crippen LogP contribution < -0.4 is 20.7 Å². The Labute approximate surface area is 221 Å². The maximum Gasteiger partial charge on any atom is 0.319 e. The zero-order chi connectivity index (χ0) is 26.2. The van der Waals surface area contributed by atoms with Gasteiger partial charge < -0.3 is 20.7 Å². The molecule has 0 bridgehead atoms. The molecule has 2 heterocycles. The summed E-state index contributed by atoms with van der Waals surface area (Å²) in [5.41, 5.74) is 5.44. The number of ether oxygens (including phenoxy) is 1. The minimum atomic E-state index is -0.254. The lowest BCUT2D eigenvalue weighted by molar-refractivity contribution is 0.252. The molecule has 5 rings (SSSR count). The number of hydrogen-bond acceptors (Lipinski definition) is 5. The van der Waals surface area contributed by atoms with E-state index in [1.54, 1.807) is 13.3 Å². The number of para-hydroxylation sites is 2. The van der Waals surface area contributed by atoms with Crippen molar-refractivity contribution in [3.8, 4) is 33.8 Å². The molecule has 190 valence electrons. The van der Waals surface area contributed by atoms with E-state index in [-0.39, 0.29) is 6.03 Å². The fraction of sp³-hybridized carbons (Fsp3) is 0.100. The second-order valence-electron chi connectivity index (χ2n) is 8.51. The Kier molecular flexibility index (Phi) is 7.60. The molecule has 0 spiro atoms. The molecule has 0 saturated carbocycles. The third-order valence-electron chi connectivity index (χ3n) is 5.90. The van der Waals surface area contributed by atoms with Crippen LogP contribution in [0.25, 0.3) is 28.1 Å². The summed E-state index contributed by atoms with van der Waals surface area (Å²) in [6.45, 7) is 0.955. The molecule has 0 fully saturated rings. The van der Waals surface area contributed by atoms with Crippen LogP contribution >= 0.6 is 0 Å². The molecule has 3 aromatic carbocycles. The molecule has 0 radical (unpaired) electrons. The van der Waals surface area contributed by atoms with Gasteiger partial charge in [-0.05, 0) is 54.1 Å². The number of methoxy groups -OCH3 is 1. The van der Waals surface area contributed by atoms with E-state index in [0.29, 0.717) is 18.9 Å². The van der Waals surface area contributed by atoms with Gasteiger partial charge in [0.1, 0.15) is 17.3 Å². The molecule has 2 aromatic heterocycles. The van der Waals surface area contributed by atoms with Gasteiger partial charge in [0.05, 0.1) is 12.8 Å². The van der Waals surface area contributed by atoms with E-state index >= 15 is 0 Å². The fourth-order valence-corrected chi connectivity index (χ4v) is 4.04. The SMILES string of the molecule is COc1cccc(-c2nn(-c3ccccc3)cc2-c2ccnc(NCCNC(=O)Nc3ccccc3)c2)c1. The minimum absolute atomic E-state index is 0.254. The van der Waals surface area contributed by atoms with Gasteiger partial charge in [0.15, 0.2) is 0 Å². The Morgan fingerprint density at radius 3 is 2.45 bits per heavy atom. The first-order valence-electron chi connectivity index (χ1n) is 12.3. The predicted molar refractivity (Wildman–Crippen MR) is 151 cm³/mol. The topological polar surface area (TPSA) is 93.1 Å². The maximum absolute atomic E-state index is 12.1. The van der Waals surface area contributed by atoms with E-state index < -0.39 is 0 Å². The van der Waals surface area contributed by atoms with Crippen molar-refractivity contribution in [2.24, 2.45) is 0 Å². The van der Waals surface area contributed by atoms with Crippen molar-refractivity contribution < 1.29 is 9.53 Å². The molecule has 8 nitrogen and oxygen atoms in total. The summed E-state index contributed by atoms with van der Waals surface area (Å²) in [6.07, 6.45) is 3.79. The van der Waals surface area contributed by atoms with Gasteiger partial charge in [-0.15, -0.1) is 0 Å². The van der Waals surface area contributed by atoms with Crippen LogP contribution in [0.2, 0.25) is 0 Å². The summed E-state index contributed by atoms with van der Waals surface area (Å²) >= 11 is 0. The highest BCUT2D eigenvalue weighted by Gasteiger charge is 2.15. The van der Waals surface area contributed by atoms with Gasteiger partial charge in [0.25, 0.3) is 0 Å². The van der Waals surface area contributed by atoms with Crippen molar-refractivity contribution in [1.29, 1.82) is 0 Å². The molecule has 0 unspecified atom stereocenters. The number of anilines is 2. The Morgan fingerprint density at radius 2 is 1.66 bits per heavy atom. The number of hydrogen-bond donors (Lipinski definition) is 3. The molecule has 0 aliphatic rings. The molecule has 5 aromatic rings. The number of benzene rings is 3. The second-order valence-corrected chi connectivity index (χ2v) is 8.51. The predicted octanol–water partition coefficient (Wildman–Crippen LogP) is 5.84. The second kappa shape index (κ2) is 11.7. The van der Waals surface area contributed by atoms with Gasteiger partial charge in [-0.2, -0.15) is 5.10 Å². The normalized spacial score (nSPS) is 10.6. The van der Waals surface area contributed by atoms with Crippen molar-refractivity contribution in [3.63, 3.8) is 0 Å². The number of amides is 2. The molecular weight excluding hydrogens is 476 g/mol. The van der Waals surface area contributed by atoms with Gasteiger partial charge >= 0.3 is 6.03 Å². The third kappa shape index (κ3) is 5.99. The summed E-state index contributed by atoms with van der Waals surface area (Å²) < 4.78 is 7.33. The zero-order valence-corrected chi connectivity index (χ0v) is 21.0. The van der Waals surface area contributed by atoms with E-state index in [1.165, 1.54) is 0 Å². The molecule has 0 atom stereocenters. The first-order chi connectivity index (χ1) is 18.7. The third-order valence-corrected chi connectivity index (χ3v) is 5.90. The maximum atomic E-state index is 12.1. The van der Waals surface area contributed by atoms with E-state index in [4.69, 9.17) is 9.84 Å². The molecule has 2 amide bonds. The standard InChI is InChI=1S/C30H28N6O2/c1-38-26-14-8-9-23(19-26)29-27(21-36(35-29)25-12-6-3-7-13-25)22-15-16-31-28(20-22)32-17-18-33-30(37)34-24-10-4-2-5-11-24/h2-16,19-21H,17-18H2,1H3,(H,31,32)(H2,33,34,37). The summed E-state index contributed by atoms with van der Waals surface area (Å²) in [5, 5.41) is 13.9. The largest absolute Gasteiger partial charge is 0.497 e. The number of carbonyl (C=O) groups excluding carboxylic acids is 1. The van der Waals surface area contributed by atoms with E-state index in [1.807, 2.05) is 108 Å². The van der Waals surface area contributed by atoms with Crippen LogP contribution in [0.5, 0.6) is 5.75 Å². The van der Waals surface area contributed by atoms with Crippen molar-refractivity contribution in [3.05, 3.63) is 109 Å². The lowest BCUT2D eigenvalue weighted by atomic mass is 10.0. The molecule has 0 saturated heterocycles. The molecule has 8 heteroatoms. The van der Waals surface area contributed by atoms with E-state index in [2.05, 4.69) is 20.9 Å². The van der Waals surface area contributed by atoms with E-state index in [9.17, 15) is 4.79 Å². The molecule has 0 aliphatic carbocycles. The van der Waals surface area contributed by atoms with Crippen molar-refractivity contribution in [2.45, 2.75) is 0 Å². The quantitative estimate of drug-likeness (QED) is 0.219. The van der Waals surface area contributed by atoms with Crippen molar-refractivity contribution >= 4 is 17.5 Å². The highest BCUT2D eigenvalue weighted by molar-refractivity contribution is 5.89. The highest BCUT2D eigenvalue weighted by atomic mass is 16.5. The average Bonchev–Trinajstić information content (AvgIpc) is 3.42. The molecular formula is C30H28N6O2. The number of rotatable bonds is 9. The van der Waals surface area contributed by atoms with Crippen LogP contribution in [-0.2, 0) is 0 Å². The summed E-state index contributed by atoms with van der Waals surface area (Å²) in [6, 6.07) is 30.9. The Morgan fingerprint density at radius 1 is 0.868 bits per heavy atom. The van der Waals surface area contributed by atoms with E-state index in [0.717, 1.165) is 39.5 Å². The zero-order valence-electron chi connectivity index (χ0n) is 21.0. The lowest BCUT2D eigenvalue weighted by Crippen LogP contribution is -2.32. The average molecular weight is 505 g/mol. The Bertz CT molecular complexity index is 1500. The van der Waals surface area contributed by atoms with Gasteiger partial charge in [-0.25, -0.2) is 14.5 Å². The molecule has 38 heavy (non-hydrogen) atoms. The highest BCUT2D eigenvalue weighted by Crippen LogP contribution is 2.34. The number of carbonyl (C=O) groups is 1. The summed E-state index contributed by atoms with van der Waals surface area (Å²) in [5.74, 6) is 1.47. The number of nitrogens with zero attached hydrogens (tertiary/aromatic N) is 3. The van der Waals surface area contributed by atoms with Crippen LogP contribution in [0.15, 0.2) is 109 Å². The Hall–Kier alpha value is -5.11. The van der Waals surface area contributed by atoms with Gasteiger partial charge in [-0.1, -0.05) is 48.5 Å². The fourth-order valence-electron chi connectivity index (χ4n) is 4.04. The Balaban J connectivity index is 1.33. The first-order valence-corrected chi connectivity index (χ1v) is 12.3. The number of pyridine rings is 1. The molecule has 0 aliphatic heterocycles. The minimum Gasteiger partial charge on any atom is -0.497 e. The first kappa shape index (κ1) is 24.6. The molecule has 3 N–H and O–H groups in total. The number of nitrogens with one attached hydrogen (secondary N) is 3. The van der Waals surface area contributed by atoms with Crippen molar-refractivity contribution in [2.75, 3.05) is 30.8 Å². The van der Waals surface area contributed by atoms with Crippen LogP contribution in [0.3, 0.4) is 0 Å². The summed E-state index contributed by atoms with van der Waals surface area (Å²) in [4.78, 5) is 16.6. The summed E-state index contributed by atoms with van der Waals surface area (Å²) in [7, 11) is 1.66. The van der Waals surface area contributed by atoms with Crippen LogP contribution in [0.4, 0.5) is 16.3 Å². The smallest absolute Gasteiger partial charge is 0.319 e. The van der Waals surface area contributed by atoms with Crippen molar-refractivity contribution in [1.82, 2.24) is 20.1 Å². The van der Waals surface area contributed by atoms with Gasteiger partial charge in [-0.3, -0.25) is 0 Å². The van der Waals surface area contributed by atoms with Gasteiger partial charge in [0.2, 0.25) is 0 Å². The lowest BCUT2D eigenvalue weighted by Gasteiger charge is -2.10. The number of aromatic nitrogens is 3. The van der Waals surface area contributed by atoms with Gasteiger partial charge in [0, 0.05) is 42.3 Å². The number of urea groups is 1. The van der Waals surface area contributed by atoms with Crippen LogP contribution in [0, 0.1) is 0 Å².